The summed E-state index contributed by atoms with van der Waals surface area (Å²) < 4.78 is 28.7. The average Bonchev–Trinajstić information content (AvgIpc) is 2.51. The summed E-state index contributed by atoms with van der Waals surface area (Å²) in [7, 11) is -3.94. The van der Waals surface area contributed by atoms with Gasteiger partial charge in [-0.2, -0.15) is 8.42 Å². The summed E-state index contributed by atoms with van der Waals surface area (Å²) in [5.41, 5.74) is 5.45. The first-order valence-corrected chi connectivity index (χ1v) is 9.11. The number of nitrogens with two attached hydrogens (primary N) is 1. The van der Waals surface area contributed by atoms with Crippen molar-refractivity contribution in [3.63, 3.8) is 0 Å². The zero-order chi connectivity index (χ0) is 17.5. The molecule has 0 aliphatic heterocycles. The molecule has 1 unspecified atom stereocenters. The predicted molar refractivity (Wildman–Crippen MR) is 89.3 cm³/mol. The van der Waals surface area contributed by atoms with Crippen molar-refractivity contribution in [3.05, 3.63) is 30.3 Å². The van der Waals surface area contributed by atoms with Crippen LogP contribution in [-0.4, -0.2) is 32.5 Å². The molecule has 0 saturated carbocycles. The van der Waals surface area contributed by atoms with Crippen LogP contribution >= 0.6 is 0 Å². The molecule has 1 rings (SSSR count). The van der Waals surface area contributed by atoms with Crippen LogP contribution in [-0.2, 0) is 19.1 Å². The molecule has 3 N–H and O–H groups in total. The first kappa shape index (κ1) is 19.6. The number of amides is 1. The molecule has 0 bridgehead atoms. The lowest BCUT2D eigenvalue weighted by Crippen LogP contribution is -2.56. The minimum atomic E-state index is -3.94. The van der Waals surface area contributed by atoms with Crippen LogP contribution in [0.25, 0.3) is 0 Å². The van der Waals surface area contributed by atoms with Gasteiger partial charge in [0.1, 0.15) is 6.61 Å². The van der Waals surface area contributed by atoms with Gasteiger partial charge in [-0.05, 0) is 32.4 Å². The van der Waals surface area contributed by atoms with E-state index in [-0.39, 0.29) is 10.9 Å². The smallest absolute Gasteiger partial charge is 0.297 e. The monoisotopic (exact) mass is 342 g/mol. The molecule has 0 fully saturated rings. The maximum atomic E-state index is 12.0. The van der Waals surface area contributed by atoms with Gasteiger partial charge in [0.05, 0.1) is 4.90 Å². The summed E-state index contributed by atoms with van der Waals surface area (Å²) in [4.78, 5) is 12.0. The Morgan fingerprint density at radius 1 is 1.30 bits per heavy atom. The second kappa shape index (κ2) is 8.42. The number of hydrogen-bond acceptors (Lipinski definition) is 5. The summed E-state index contributed by atoms with van der Waals surface area (Å²) in [6.07, 6.45) is 2.78. The van der Waals surface area contributed by atoms with E-state index in [0.717, 1.165) is 19.3 Å². The van der Waals surface area contributed by atoms with E-state index >= 15 is 0 Å². The molecule has 0 spiro atoms. The third-order valence-electron chi connectivity index (χ3n) is 3.63. The molecule has 6 nitrogen and oxygen atoms in total. The highest BCUT2D eigenvalue weighted by Crippen LogP contribution is 2.14. The van der Waals surface area contributed by atoms with Crippen molar-refractivity contribution in [2.24, 2.45) is 5.73 Å². The van der Waals surface area contributed by atoms with E-state index in [1.807, 2.05) is 13.8 Å². The summed E-state index contributed by atoms with van der Waals surface area (Å²) >= 11 is 0. The highest BCUT2D eigenvalue weighted by molar-refractivity contribution is 7.86. The van der Waals surface area contributed by atoms with E-state index in [4.69, 9.17) is 9.92 Å². The molecular weight excluding hydrogens is 316 g/mol. The highest BCUT2D eigenvalue weighted by Gasteiger charge is 2.28. The van der Waals surface area contributed by atoms with Crippen LogP contribution < -0.4 is 11.1 Å². The fraction of sp³-hybridized carbons (Fsp3) is 0.562. The Morgan fingerprint density at radius 2 is 1.91 bits per heavy atom. The standard InChI is InChI=1S/C16H26N2O4S/c1-4-5-11-14(17)16(2,3)18-15(19)12-22-23(20,21)13-9-7-6-8-10-13/h6-10,14H,4-5,11-12,17H2,1-3H3,(H,18,19). The first-order valence-electron chi connectivity index (χ1n) is 7.70. The van der Waals surface area contributed by atoms with Gasteiger partial charge in [0.15, 0.2) is 0 Å². The maximum Gasteiger partial charge on any atom is 0.297 e. The van der Waals surface area contributed by atoms with E-state index in [2.05, 4.69) is 12.2 Å². The molecule has 0 aliphatic rings. The van der Waals surface area contributed by atoms with Gasteiger partial charge in [0.2, 0.25) is 5.91 Å². The van der Waals surface area contributed by atoms with Gasteiger partial charge in [0.25, 0.3) is 10.1 Å². The normalized spacial score (nSPS) is 13.6. The predicted octanol–water partition coefficient (Wildman–Crippen LogP) is 1.80. The van der Waals surface area contributed by atoms with Crippen molar-refractivity contribution in [2.45, 2.75) is 56.5 Å². The Hall–Kier alpha value is -1.44. The largest absolute Gasteiger partial charge is 0.348 e. The van der Waals surface area contributed by atoms with Gasteiger partial charge in [-0.3, -0.25) is 8.98 Å². The zero-order valence-electron chi connectivity index (χ0n) is 13.9. The Balaban J connectivity index is 2.57. The molecule has 0 aromatic heterocycles. The third-order valence-corrected chi connectivity index (χ3v) is 4.91. The van der Waals surface area contributed by atoms with Crippen molar-refractivity contribution in [2.75, 3.05) is 6.61 Å². The van der Waals surface area contributed by atoms with Gasteiger partial charge in [-0.15, -0.1) is 0 Å². The Kier molecular flexibility index (Phi) is 7.18. The third kappa shape index (κ3) is 6.29. The summed E-state index contributed by atoms with van der Waals surface area (Å²) in [5.74, 6) is -0.513. The average molecular weight is 342 g/mol. The van der Waals surface area contributed by atoms with Crippen molar-refractivity contribution in [1.82, 2.24) is 5.32 Å². The minimum absolute atomic E-state index is 0.0201. The van der Waals surface area contributed by atoms with Crippen LogP contribution in [0.5, 0.6) is 0 Å². The van der Waals surface area contributed by atoms with E-state index in [1.165, 1.54) is 12.1 Å². The topological polar surface area (TPSA) is 98.5 Å². The van der Waals surface area contributed by atoms with Crippen LogP contribution in [0.15, 0.2) is 35.2 Å². The molecule has 0 aliphatic carbocycles. The number of nitrogens with one attached hydrogen (secondary N) is 1. The SMILES string of the molecule is CCCCC(N)C(C)(C)NC(=O)COS(=O)(=O)c1ccccc1. The molecule has 23 heavy (non-hydrogen) atoms. The lowest BCUT2D eigenvalue weighted by atomic mass is 9.91. The van der Waals surface area contributed by atoms with Gasteiger partial charge in [0, 0.05) is 11.6 Å². The quantitative estimate of drug-likeness (QED) is 0.667. The maximum absolute atomic E-state index is 12.0. The Morgan fingerprint density at radius 3 is 2.48 bits per heavy atom. The van der Waals surface area contributed by atoms with Gasteiger partial charge >= 0.3 is 0 Å². The zero-order valence-corrected chi connectivity index (χ0v) is 14.7. The van der Waals surface area contributed by atoms with Crippen molar-refractivity contribution < 1.29 is 17.4 Å². The van der Waals surface area contributed by atoms with Gasteiger partial charge in [-0.1, -0.05) is 38.0 Å². The second-order valence-corrected chi connectivity index (χ2v) is 7.66. The molecule has 0 heterocycles. The Labute approximate surface area is 138 Å². The molecule has 1 aromatic rings. The van der Waals surface area contributed by atoms with Gasteiger partial charge < -0.3 is 11.1 Å². The van der Waals surface area contributed by atoms with Crippen molar-refractivity contribution in [1.29, 1.82) is 0 Å². The van der Waals surface area contributed by atoms with E-state index in [1.54, 1.807) is 18.2 Å². The van der Waals surface area contributed by atoms with Crippen LogP contribution in [0, 0.1) is 0 Å². The number of carbonyl (C=O) groups is 1. The summed E-state index contributed by atoms with van der Waals surface area (Å²) in [6.45, 7) is 5.13. The van der Waals surface area contributed by atoms with Crippen LogP contribution in [0.2, 0.25) is 0 Å². The van der Waals surface area contributed by atoms with E-state index < -0.39 is 28.2 Å². The highest BCUT2D eigenvalue weighted by atomic mass is 32.2. The fourth-order valence-corrected chi connectivity index (χ4v) is 2.95. The number of rotatable bonds is 9. The molecule has 0 saturated heterocycles. The second-order valence-electron chi connectivity index (χ2n) is 6.05. The summed E-state index contributed by atoms with van der Waals surface area (Å²) in [5, 5.41) is 2.74. The Bertz CT molecular complexity index is 600. The molecule has 7 heteroatoms. The molecule has 130 valence electrons. The van der Waals surface area contributed by atoms with Crippen LogP contribution in [0.4, 0.5) is 0 Å². The number of unbranched alkanes of at least 4 members (excludes halogenated alkanes) is 1. The lowest BCUT2D eigenvalue weighted by molar-refractivity contribution is -0.124. The molecule has 1 aromatic carbocycles. The minimum Gasteiger partial charge on any atom is -0.348 e. The van der Waals surface area contributed by atoms with E-state index in [9.17, 15) is 13.2 Å². The number of hydrogen-bond donors (Lipinski definition) is 2. The molecular formula is C16H26N2O4S. The van der Waals surface area contributed by atoms with Crippen molar-refractivity contribution in [3.8, 4) is 0 Å². The van der Waals surface area contributed by atoms with Crippen molar-refractivity contribution >= 4 is 16.0 Å². The lowest BCUT2D eigenvalue weighted by Gasteiger charge is -2.32. The number of carbonyl (C=O) groups excluding carboxylic acids is 1. The first-order chi connectivity index (χ1) is 10.7. The number of benzene rings is 1. The molecule has 1 atom stereocenters. The molecule has 0 radical (unpaired) electrons. The molecule has 1 amide bonds. The van der Waals surface area contributed by atoms with Crippen LogP contribution in [0.1, 0.15) is 40.0 Å². The summed E-state index contributed by atoms with van der Waals surface area (Å²) in [6, 6.07) is 7.50. The van der Waals surface area contributed by atoms with E-state index in [0.29, 0.717) is 0 Å². The van der Waals surface area contributed by atoms with Crippen LogP contribution in [0.3, 0.4) is 0 Å². The van der Waals surface area contributed by atoms with Gasteiger partial charge in [-0.25, -0.2) is 0 Å². The fourth-order valence-electron chi connectivity index (χ4n) is 2.06.